The van der Waals surface area contributed by atoms with Gasteiger partial charge >= 0.3 is 0 Å². The van der Waals surface area contributed by atoms with Gasteiger partial charge in [0.2, 0.25) is 6.43 Å². The van der Waals surface area contributed by atoms with Gasteiger partial charge in [-0.25, -0.2) is 13.2 Å². The van der Waals surface area contributed by atoms with Gasteiger partial charge in [0.15, 0.2) is 0 Å². The monoisotopic (exact) mass is 219 g/mol. The lowest BCUT2D eigenvalue weighted by atomic mass is 10.0. The molecule has 15 heavy (non-hydrogen) atoms. The van der Waals surface area contributed by atoms with Crippen LogP contribution in [0.3, 0.4) is 0 Å². The third kappa shape index (κ3) is 2.86. The second-order valence-electron chi connectivity index (χ2n) is 3.09. The van der Waals surface area contributed by atoms with Crippen molar-refractivity contribution >= 4 is 0 Å². The summed E-state index contributed by atoms with van der Waals surface area (Å²) in [5, 5.41) is 0. The fraction of sp³-hybridized carbons (Fsp3) is 0.400. The van der Waals surface area contributed by atoms with Crippen molar-refractivity contribution in [3.05, 3.63) is 29.6 Å². The molecule has 0 radical (unpaired) electrons. The Morgan fingerprint density at radius 1 is 1.40 bits per heavy atom. The van der Waals surface area contributed by atoms with Crippen LogP contribution in [0.25, 0.3) is 0 Å². The van der Waals surface area contributed by atoms with Crippen LogP contribution < -0.4 is 10.5 Å². The first-order valence-corrected chi connectivity index (χ1v) is 4.42. The van der Waals surface area contributed by atoms with Crippen LogP contribution in [-0.2, 0) is 0 Å². The van der Waals surface area contributed by atoms with Crippen molar-refractivity contribution in [1.29, 1.82) is 0 Å². The lowest BCUT2D eigenvalue weighted by Gasteiger charge is -2.15. The maximum atomic E-state index is 13.3. The highest BCUT2D eigenvalue weighted by Gasteiger charge is 2.20. The molecule has 0 aromatic heterocycles. The summed E-state index contributed by atoms with van der Waals surface area (Å²) >= 11 is 0. The molecule has 5 heteroatoms. The van der Waals surface area contributed by atoms with Crippen molar-refractivity contribution in [3.63, 3.8) is 0 Å². The van der Waals surface area contributed by atoms with E-state index in [1.807, 2.05) is 0 Å². The van der Waals surface area contributed by atoms with Gasteiger partial charge in [-0.1, -0.05) is 6.07 Å². The SMILES string of the molecule is COc1cccc(F)c1[C@@H](N)CC(F)F. The average molecular weight is 219 g/mol. The predicted octanol–water partition coefficient (Wildman–Crippen LogP) is 2.49. The van der Waals surface area contributed by atoms with Crippen LogP contribution in [-0.4, -0.2) is 13.5 Å². The molecule has 84 valence electrons. The highest BCUT2D eigenvalue weighted by atomic mass is 19.3. The summed E-state index contributed by atoms with van der Waals surface area (Å²) in [7, 11) is 1.34. The Kier molecular flexibility index (Phi) is 3.96. The van der Waals surface area contributed by atoms with E-state index < -0.39 is 24.7 Å². The van der Waals surface area contributed by atoms with Crippen molar-refractivity contribution in [2.24, 2.45) is 5.73 Å². The van der Waals surface area contributed by atoms with Crippen molar-refractivity contribution in [2.45, 2.75) is 18.9 Å². The Morgan fingerprint density at radius 2 is 2.07 bits per heavy atom. The van der Waals surface area contributed by atoms with Crippen LogP contribution >= 0.6 is 0 Å². The molecule has 0 saturated heterocycles. The minimum Gasteiger partial charge on any atom is -0.496 e. The topological polar surface area (TPSA) is 35.2 Å². The van der Waals surface area contributed by atoms with Crippen LogP contribution in [0.2, 0.25) is 0 Å². The first kappa shape index (κ1) is 11.8. The van der Waals surface area contributed by atoms with Gasteiger partial charge in [-0.3, -0.25) is 0 Å². The molecule has 0 bridgehead atoms. The number of ether oxygens (including phenoxy) is 1. The van der Waals surface area contributed by atoms with Gasteiger partial charge in [0.1, 0.15) is 11.6 Å². The van der Waals surface area contributed by atoms with E-state index >= 15 is 0 Å². The summed E-state index contributed by atoms with van der Waals surface area (Å²) < 4.78 is 42.4. The number of benzene rings is 1. The molecular weight excluding hydrogens is 207 g/mol. The van der Waals surface area contributed by atoms with E-state index in [1.165, 1.54) is 25.3 Å². The molecule has 0 amide bonds. The van der Waals surface area contributed by atoms with Crippen molar-refractivity contribution in [2.75, 3.05) is 7.11 Å². The van der Waals surface area contributed by atoms with E-state index in [2.05, 4.69) is 0 Å². The third-order valence-electron chi connectivity index (χ3n) is 2.04. The number of nitrogens with two attached hydrogens (primary N) is 1. The number of halogens is 3. The molecule has 1 rings (SSSR count). The summed E-state index contributed by atoms with van der Waals surface area (Å²) in [6.07, 6.45) is -3.15. The molecule has 0 saturated carbocycles. The fourth-order valence-corrected chi connectivity index (χ4v) is 1.36. The Labute approximate surface area is 85.8 Å². The van der Waals surface area contributed by atoms with E-state index in [-0.39, 0.29) is 11.3 Å². The van der Waals surface area contributed by atoms with E-state index in [1.54, 1.807) is 0 Å². The van der Waals surface area contributed by atoms with Gasteiger partial charge in [0, 0.05) is 18.0 Å². The number of hydrogen-bond acceptors (Lipinski definition) is 2. The molecule has 1 aromatic rings. The van der Waals surface area contributed by atoms with E-state index in [0.717, 1.165) is 0 Å². The lowest BCUT2D eigenvalue weighted by molar-refractivity contribution is 0.127. The third-order valence-corrected chi connectivity index (χ3v) is 2.04. The van der Waals surface area contributed by atoms with Gasteiger partial charge in [0.05, 0.1) is 7.11 Å². The zero-order valence-electron chi connectivity index (χ0n) is 8.21. The molecule has 2 N–H and O–H groups in total. The minimum absolute atomic E-state index is 0.000278. The standard InChI is InChI=1S/C10H12F3NO/c1-15-8-4-2-3-6(11)10(8)7(14)5-9(12)13/h2-4,7,9H,5,14H2,1H3/t7-/m0/s1. The van der Waals surface area contributed by atoms with E-state index in [9.17, 15) is 13.2 Å². The lowest BCUT2D eigenvalue weighted by Crippen LogP contribution is -2.16. The zero-order valence-corrected chi connectivity index (χ0v) is 8.21. The minimum atomic E-state index is -2.57. The second kappa shape index (κ2) is 5.02. The Hall–Kier alpha value is -1.23. The zero-order chi connectivity index (χ0) is 11.4. The normalized spacial score (nSPS) is 12.9. The first-order chi connectivity index (χ1) is 7.06. The van der Waals surface area contributed by atoms with Crippen LogP contribution in [0.5, 0.6) is 5.75 Å². The van der Waals surface area contributed by atoms with Crippen molar-refractivity contribution < 1.29 is 17.9 Å². The molecule has 1 atom stereocenters. The van der Waals surface area contributed by atoms with Gasteiger partial charge in [-0.05, 0) is 12.1 Å². The first-order valence-electron chi connectivity index (χ1n) is 4.42. The van der Waals surface area contributed by atoms with Gasteiger partial charge in [-0.15, -0.1) is 0 Å². The molecule has 0 heterocycles. The van der Waals surface area contributed by atoms with Gasteiger partial charge in [-0.2, -0.15) is 0 Å². The second-order valence-corrected chi connectivity index (χ2v) is 3.09. The maximum Gasteiger partial charge on any atom is 0.240 e. The summed E-state index contributed by atoms with van der Waals surface area (Å²) in [5.74, 6) is -0.425. The number of rotatable bonds is 4. The highest BCUT2D eigenvalue weighted by Crippen LogP contribution is 2.29. The van der Waals surface area contributed by atoms with E-state index in [4.69, 9.17) is 10.5 Å². The summed E-state index contributed by atoms with van der Waals surface area (Å²) in [6.45, 7) is 0. The van der Waals surface area contributed by atoms with Crippen LogP contribution in [0, 0.1) is 5.82 Å². The molecule has 0 fully saturated rings. The van der Waals surface area contributed by atoms with Crippen LogP contribution in [0.1, 0.15) is 18.0 Å². The van der Waals surface area contributed by atoms with Crippen LogP contribution in [0.15, 0.2) is 18.2 Å². The molecule has 2 nitrogen and oxygen atoms in total. The van der Waals surface area contributed by atoms with E-state index in [0.29, 0.717) is 0 Å². The summed E-state index contributed by atoms with van der Waals surface area (Å²) in [6, 6.07) is 3.04. The van der Waals surface area contributed by atoms with Gasteiger partial charge < -0.3 is 10.5 Å². The predicted molar refractivity (Wildman–Crippen MR) is 50.5 cm³/mol. The Balaban J connectivity index is 3.00. The quantitative estimate of drug-likeness (QED) is 0.844. The van der Waals surface area contributed by atoms with Crippen molar-refractivity contribution in [1.82, 2.24) is 0 Å². The number of methoxy groups -OCH3 is 1. The highest BCUT2D eigenvalue weighted by molar-refractivity contribution is 5.37. The molecule has 1 aromatic carbocycles. The molecule has 0 unspecified atom stereocenters. The van der Waals surface area contributed by atoms with Crippen molar-refractivity contribution in [3.8, 4) is 5.75 Å². The Bertz CT molecular complexity index is 330. The number of hydrogen-bond donors (Lipinski definition) is 1. The summed E-state index contributed by atoms with van der Waals surface area (Å²) in [5.41, 5.74) is 5.47. The molecule has 0 aliphatic rings. The van der Waals surface area contributed by atoms with Gasteiger partial charge in [0.25, 0.3) is 0 Å². The smallest absolute Gasteiger partial charge is 0.240 e. The molecular formula is C10H12F3NO. The maximum absolute atomic E-state index is 13.3. The fourth-order valence-electron chi connectivity index (χ4n) is 1.36. The molecule has 0 spiro atoms. The number of alkyl halides is 2. The summed E-state index contributed by atoms with van der Waals surface area (Å²) in [4.78, 5) is 0. The average Bonchev–Trinajstić information content (AvgIpc) is 2.15. The Morgan fingerprint density at radius 3 is 2.60 bits per heavy atom. The largest absolute Gasteiger partial charge is 0.496 e. The molecule has 0 aliphatic carbocycles. The molecule has 0 aliphatic heterocycles. The van der Waals surface area contributed by atoms with Crippen LogP contribution in [0.4, 0.5) is 13.2 Å².